The van der Waals surface area contributed by atoms with Crippen LogP contribution in [0, 0.1) is 0 Å². The molecule has 20 heavy (non-hydrogen) atoms. The number of aliphatic hydroxyl groups is 1. The molecule has 1 aromatic rings. The van der Waals surface area contributed by atoms with Gasteiger partial charge in [0, 0.05) is 11.3 Å². The van der Waals surface area contributed by atoms with Crippen molar-refractivity contribution in [2.45, 2.75) is 31.5 Å². The van der Waals surface area contributed by atoms with E-state index in [0.717, 1.165) is 6.07 Å². The van der Waals surface area contributed by atoms with Crippen molar-refractivity contribution in [2.75, 3.05) is 6.61 Å². The molecule has 0 spiro atoms. The Hall–Kier alpha value is -1.41. The van der Waals surface area contributed by atoms with Crippen molar-refractivity contribution < 1.29 is 32.6 Å². The first kappa shape index (κ1) is 16.6. The number of ether oxygens (including phenoxy) is 1. The average Bonchev–Trinajstić information content (AvgIpc) is 2.80. The van der Waals surface area contributed by atoms with E-state index in [4.69, 9.17) is 0 Å². The number of thiophene rings is 1. The fraction of sp³-hybridized carbons (Fsp3) is 0.500. The SMILES string of the molecule is CCOC(=O)CC(=O)C[C@@](O)(c1cccs1)C(F)(F)F. The molecule has 4 nitrogen and oxygen atoms in total. The third-order valence-electron chi connectivity index (χ3n) is 2.50. The van der Waals surface area contributed by atoms with Crippen molar-refractivity contribution in [2.24, 2.45) is 0 Å². The van der Waals surface area contributed by atoms with E-state index in [1.807, 2.05) is 0 Å². The predicted molar refractivity (Wildman–Crippen MR) is 65.1 cm³/mol. The summed E-state index contributed by atoms with van der Waals surface area (Å²) in [5.41, 5.74) is -3.27. The number of carbonyl (C=O) groups excluding carboxylic acids is 2. The zero-order valence-electron chi connectivity index (χ0n) is 10.6. The number of hydrogen-bond donors (Lipinski definition) is 1. The molecule has 1 atom stereocenters. The molecule has 1 heterocycles. The van der Waals surface area contributed by atoms with Gasteiger partial charge in [-0.3, -0.25) is 9.59 Å². The summed E-state index contributed by atoms with van der Waals surface area (Å²) in [4.78, 5) is 22.2. The number of esters is 1. The van der Waals surface area contributed by atoms with Gasteiger partial charge in [-0.15, -0.1) is 11.3 Å². The van der Waals surface area contributed by atoms with Gasteiger partial charge in [0.05, 0.1) is 6.61 Å². The molecule has 0 bridgehead atoms. The molecule has 0 aromatic carbocycles. The van der Waals surface area contributed by atoms with Crippen LogP contribution in [0.5, 0.6) is 0 Å². The largest absolute Gasteiger partial charge is 0.466 e. The van der Waals surface area contributed by atoms with E-state index in [1.165, 1.54) is 18.4 Å². The summed E-state index contributed by atoms with van der Waals surface area (Å²) in [5, 5.41) is 11.2. The molecule has 1 rings (SSSR count). The van der Waals surface area contributed by atoms with Crippen LogP contribution >= 0.6 is 11.3 Å². The molecule has 0 fully saturated rings. The third kappa shape index (κ3) is 3.80. The summed E-state index contributed by atoms with van der Waals surface area (Å²) in [6, 6.07) is 2.43. The summed E-state index contributed by atoms with van der Waals surface area (Å²) in [6.07, 6.45) is -7.02. The highest BCUT2D eigenvalue weighted by molar-refractivity contribution is 7.10. The molecule has 8 heteroatoms. The lowest BCUT2D eigenvalue weighted by molar-refractivity contribution is -0.265. The van der Waals surface area contributed by atoms with Crippen molar-refractivity contribution in [3.8, 4) is 0 Å². The van der Waals surface area contributed by atoms with Crippen LogP contribution in [0.15, 0.2) is 17.5 Å². The van der Waals surface area contributed by atoms with Crippen molar-refractivity contribution >= 4 is 23.1 Å². The molecule has 1 aromatic heterocycles. The second-order valence-corrected chi connectivity index (χ2v) is 4.98. The minimum Gasteiger partial charge on any atom is -0.466 e. The molecule has 0 amide bonds. The minimum atomic E-state index is -5.01. The summed E-state index contributed by atoms with van der Waals surface area (Å²) in [6.45, 7) is 1.54. The lowest BCUT2D eigenvalue weighted by atomic mass is 9.93. The van der Waals surface area contributed by atoms with Gasteiger partial charge in [-0.1, -0.05) is 6.07 Å². The molecule has 0 aliphatic carbocycles. The van der Waals surface area contributed by atoms with Crippen molar-refractivity contribution in [1.29, 1.82) is 0 Å². The fourth-order valence-corrected chi connectivity index (χ4v) is 2.41. The smallest absolute Gasteiger partial charge is 0.422 e. The monoisotopic (exact) mass is 310 g/mol. The Morgan fingerprint density at radius 2 is 2.05 bits per heavy atom. The number of carbonyl (C=O) groups is 2. The molecular formula is C12H13F3O4S. The van der Waals surface area contributed by atoms with E-state index >= 15 is 0 Å². The maximum atomic E-state index is 13.0. The van der Waals surface area contributed by atoms with Gasteiger partial charge >= 0.3 is 12.1 Å². The van der Waals surface area contributed by atoms with Gasteiger partial charge in [0.25, 0.3) is 0 Å². The van der Waals surface area contributed by atoms with Crippen molar-refractivity contribution in [1.82, 2.24) is 0 Å². The summed E-state index contributed by atoms with van der Waals surface area (Å²) < 4.78 is 43.5. The second kappa shape index (κ2) is 6.36. The Morgan fingerprint density at radius 1 is 1.40 bits per heavy atom. The summed E-state index contributed by atoms with van der Waals surface area (Å²) in [5.74, 6) is -1.94. The second-order valence-electron chi connectivity index (χ2n) is 4.03. The van der Waals surface area contributed by atoms with Crippen LogP contribution in [0.1, 0.15) is 24.6 Å². The maximum absolute atomic E-state index is 13.0. The van der Waals surface area contributed by atoms with E-state index in [1.54, 1.807) is 0 Å². The molecule has 1 N–H and O–H groups in total. The van der Waals surface area contributed by atoms with Gasteiger partial charge in [0.1, 0.15) is 12.2 Å². The number of halogens is 3. The highest BCUT2D eigenvalue weighted by atomic mass is 32.1. The maximum Gasteiger partial charge on any atom is 0.422 e. The predicted octanol–water partition coefficient (Wildman–Crippen LogP) is 2.41. The first-order valence-electron chi connectivity index (χ1n) is 5.71. The van der Waals surface area contributed by atoms with Crippen LogP contribution in [0.2, 0.25) is 0 Å². The first-order chi connectivity index (χ1) is 9.20. The standard InChI is InChI=1S/C12H13F3O4S/c1-2-19-10(17)6-8(16)7-11(18,12(13,14)15)9-4-3-5-20-9/h3-5,18H,2,6-7H2,1H3/t11-/m1/s1. The van der Waals surface area contributed by atoms with Crippen LogP contribution in [0.3, 0.4) is 0 Å². The highest BCUT2D eigenvalue weighted by Crippen LogP contribution is 2.43. The van der Waals surface area contributed by atoms with Crippen molar-refractivity contribution in [3.63, 3.8) is 0 Å². The van der Waals surface area contributed by atoms with Crippen LogP contribution in [-0.4, -0.2) is 29.6 Å². The molecule has 0 unspecified atom stereocenters. The Kier molecular flexibility index (Phi) is 5.29. The topological polar surface area (TPSA) is 63.6 Å². The number of hydrogen-bond acceptors (Lipinski definition) is 5. The van der Waals surface area contributed by atoms with E-state index in [2.05, 4.69) is 4.74 Å². The Morgan fingerprint density at radius 3 is 2.50 bits per heavy atom. The number of alkyl halides is 3. The zero-order chi connectivity index (χ0) is 15.4. The number of ketones is 1. The Labute approximate surface area is 117 Å². The molecule has 0 aliphatic heterocycles. The fourth-order valence-electron chi connectivity index (χ4n) is 1.56. The Bertz CT molecular complexity index is 470. The quantitative estimate of drug-likeness (QED) is 0.647. The average molecular weight is 310 g/mol. The third-order valence-corrected chi connectivity index (χ3v) is 3.52. The molecule has 0 aliphatic rings. The van der Waals surface area contributed by atoms with Crippen LogP contribution in [0.4, 0.5) is 13.2 Å². The lowest BCUT2D eigenvalue weighted by Crippen LogP contribution is -2.43. The van der Waals surface area contributed by atoms with Crippen LogP contribution in [0.25, 0.3) is 0 Å². The van der Waals surface area contributed by atoms with E-state index in [0.29, 0.717) is 11.3 Å². The molecule has 0 saturated carbocycles. The molecular weight excluding hydrogens is 297 g/mol. The molecule has 0 saturated heterocycles. The van der Waals surface area contributed by atoms with E-state index < -0.39 is 36.4 Å². The van der Waals surface area contributed by atoms with E-state index in [9.17, 15) is 27.9 Å². The minimum absolute atomic E-state index is 0.0283. The zero-order valence-corrected chi connectivity index (χ0v) is 11.4. The van der Waals surface area contributed by atoms with Gasteiger partial charge in [-0.25, -0.2) is 0 Å². The molecule has 112 valence electrons. The van der Waals surface area contributed by atoms with Gasteiger partial charge in [0.15, 0.2) is 0 Å². The summed E-state index contributed by atoms with van der Waals surface area (Å²) in [7, 11) is 0. The normalized spacial score (nSPS) is 14.7. The van der Waals surface area contributed by atoms with Gasteiger partial charge in [-0.05, 0) is 18.4 Å². The van der Waals surface area contributed by atoms with Gasteiger partial charge in [0.2, 0.25) is 5.60 Å². The van der Waals surface area contributed by atoms with Crippen LogP contribution in [-0.2, 0) is 19.9 Å². The molecule has 0 radical (unpaired) electrons. The van der Waals surface area contributed by atoms with E-state index in [-0.39, 0.29) is 11.5 Å². The number of Topliss-reactive ketones (excluding diaryl/α,β-unsaturated/α-hetero) is 1. The van der Waals surface area contributed by atoms with Crippen LogP contribution < -0.4 is 0 Å². The van der Waals surface area contributed by atoms with Gasteiger partial charge in [-0.2, -0.15) is 13.2 Å². The highest BCUT2D eigenvalue weighted by Gasteiger charge is 2.56. The lowest BCUT2D eigenvalue weighted by Gasteiger charge is -2.28. The summed E-state index contributed by atoms with van der Waals surface area (Å²) >= 11 is 0.689. The Balaban J connectivity index is 2.88. The first-order valence-corrected chi connectivity index (χ1v) is 6.59. The van der Waals surface area contributed by atoms with Crippen molar-refractivity contribution in [3.05, 3.63) is 22.4 Å². The van der Waals surface area contributed by atoms with Gasteiger partial charge < -0.3 is 9.84 Å². The number of rotatable bonds is 6.